The Hall–Kier alpha value is -1.88. The predicted octanol–water partition coefficient (Wildman–Crippen LogP) is 1.60. The number of amides is 2. The summed E-state index contributed by atoms with van der Waals surface area (Å²) in [6, 6.07) is 7.28. The van der Waals surface area contributed by atoms with E-state index in [4.69, 9.17) is 0 Å². The molecule has 1 aliphatic rings. The highest BCUT2D eigenvalue weighted by atomic mass is 16.3. The molecule has 0 aliphatic heterocycles. The molecule has 2 amide bonds. The third-order valence-electron chi connectivity index (χ3n) is 3.88. The number of nitrogens with one attached hydrogen (secondary N) is 2. The standard InChI is InChI=1S/C16H22N2O3/c1-11-5-4-7-13(9-11)18-16(21)15(20)17-10-12-6-2-3-8-14(12)19/h4-5,7,9,12,14,19H,2-3,6,8,10H2,1H3,(H,17,20)(H,18,21)/t12-,14-/m0/s1. The largest absolute Gasteiger partial charge is 0.393 e. The highest BCUT2D eigenvalue weighted by molar-refractivity contribution is 6.39. The van der Waals surface area contributed by atoms with Crippen LogP contribution in [-0.4, -0.2) is 29.6 Å². The number of aryl methyl sites for hydroxylation is 1. The second-order valence-corrected chi connectivity index (χ2v) is 5.65. The fourth-order valence-electron chi connectivity index (χ4n) is 2.64. The lowest BCUT2D eigenvalue weighted by atomic mass is 9.86. The number of carbonyl (C=O) groups is 2. The van der Waals surface area contributed by atoms with Gasteiger partial charge in [0.15, 0.2) is 0 Å². The molecule has 1 aliphatic carbocycles. The minimum atomic E-state index is -0.675. The van der Waals surface area contributed by atoms with Crippen LogP contribution in [0.4, 0.5) is 5.69 Å². The number of benzene rings is 1. The Kier molecular flexibility index (Phi) is 5.33. The summed E-state index contributed by atoms with van der Waals surface area (Å²) in [6.07, 6.45) is 3.38. The molecule has 1 saturated carbocycles. The number of aliphatic hydroxyl groups is 1. The predicted molar refractivity (Wildman–Crippen MR) is 80.8 cm³/mol. The molecular weight excluding hydrogens is 268 g/mol. The molecule has 5 nitrogen and oxygen atoms in total. The molecule has 21 heavy (non-hydrogen) atoms. The van der Waals surface area contributed by atoms with E-state index in [1.807, 2.05) is 19.1 Å². The van der Waals surface area contributed by atoms with Crippen molar-refractivity contribution in [3.63, 3.8) is 0 Å². The van der Waals surface area contributed by atoms with Crippen molar-refractivity contribution < 1.29 is 14.7 Å². The monoisotopic (exact) mass is 290 g/mol. The Morgan fingerprint density at radius 3 is 2.71 bits per heavy atom. The van der Waals surface area contributed by atoms with Crippen LogP contribution in [0.5, 0.6) is 0 Å². The molecule has 0 bridgehead atoms. The lowest BCUT2D eigenvalue weighted by Crippen LogP contribution is -2.41. The first-order valence-electron chi connectivity index (χ1n) is 7.40. The third-order valence-corrected chi connectivity index (χ3v) is 3.88. The van der Waals surface area contributed by atoms with Gasteiger partial charge in [-0.1, -0.05) is 25.0 Å². The Morgan fingerprint density at radius 2 is 2.00 bits per heavy atom. The van der Waals surface area contributed by atoms with Crippen LogP contribution in [0, 0.1) is 12.8 Å². The fourth-order valence-corrected chi connectivity index (χ4v) is 2.64. The van der Waals surface area contributed by atoms with E-state index in [0.717, 1.165) is 31.2 Å². The van der Waals surface area contributed by atoms with Crippen LogP contribution in [0.1, 0.15) is 31.2 Å². The summed E-state index contributed by atoms with van der Waals surface area (Å²) in [5.41, 5.74) is 1.62. The molecule has 1 fully saturated rings. The van der Waals surface area contributed by atoms with Gasteiger partial charge in [0.2, 0.25) is 0 Å². The van der Waals surface area contributed by atoms with E-state index in [0.29, 0.717) is 12.2 Å². The van der Waals surface area contributed by atoms with Crippen LogP contribution in [0.25, 0.3) is 0 Å². The van der Waals surface area contributed by atoms with Gasteiger partial charge in [-0.05, 0) is 37.5 Å². The maximum atomic E-state index is 11.8. The maximum absolute atomic E-state index is 11.8. The lowest BCUT2D eigenvalue weighted by molar-refractivity contribution is -0.136. The van der Waals surface area contributed by atoms with Crippen molar-refractivity contribution in [2.75, 3.05) is 11.9 Å². The number of hydrogen-bond donors (Lipinski definition) is 3. The van der Waals surface area contributed by atoms with Crippen LogP contribution in [0.15, 0.2) is 24.3 Å². The first kappa shape index (κ1) is 15.5. The zero-order chi connectivity index (χ0) is 15.2. The van der Waals surface area contributed by atoms with Crippen molar-refractivity contribution >= 4 is 17.5 Å². The lowest BCUT2D eigenvalue weighted by Gasteiger charge is -2.27. The summed E-state index contributed by atoms with van der Waals surface area (Å²) in [6.45, 7) is 2.27. The van der Waals surface area contributed by atoms with Gasteiger partial charge in [0.05, 0.1) is 6.10 Å². The third kappa shape index (κ3) is 4.56. The van der Waals surface area contributed by atoms with Crippen LogP contribution in [0.3, 0.4) is 0 Å². The minimum absolute atomic E-state index is 0.0504. The Labute approximate surface area is 124 Å². The Balaban J connectivity index is 1.81. The van der Waals surface area contributed by atoms with E-state index in [2.05, 4.69) is 10.6 Å². The number of rotatable bonds is 3. The van der Waals surface area contributed by atoms with Crippen LogP contribution in [0.2, 0.25) is 0 Å². The molecule has 0 saturated heterocycles. The number of carbonyl (C=O) groups excluding carboxylic acids is 2. The van der Waals surface area contributed by atoms with Gasteiger partial charge in [-0.15, -0.1) is 0 Å². The topological polar surface area (TPSA) is 78.4 Å². The van der Waals surface area contributed by atoms with Crippen LogP contribution in [-0.2, 0) is 9.59 Å². The van der Waals surface area contributed by atoms with Crippen molar-refractivity contribution in [2.24, 2.45) is 5.92 Å². The van der Waals surface area contributed by atoms with E-state index in [1.165, 1.54) is 0 Å². The van der Waals surface area contributed by atoms with E-state index < -0.39 is 11.8 Å². The molecule has 114 valence electrons. The van der Waals surface area contributed by atoms with Gasteiger partial charge < -0.3 is 15.7 Å². The summed E-state index contributed by atoms with van der Waals surface area (Å²) in [5, 5.41) is 15.0. The van der Waals surface area contributed by atoms with Crippen molar-refractivity contribution in [3.05, 3.63) is 29.8 Å². The molecule has 1 aromatic rings. The zero-order valence-corrected chi connectivity index (χ0v) is 12.3. The zero-order valence-electron chi connectivity index (χ0n) is 12.3. The molecular formula is C16H22N2O3. The first-order valence-corrected chi connectivity index (χ1v) is 7.40. The van der Waals surface area contributed by atoms with Crippen LogP contribution >= 0.6 is 0 Å². The van der Waals surface area contributed by atoms with Crippen molar-refractivity contribution in [2.45, 2.75) is 38.7 Å². The number of hydrogen-bond acceptors (Lipinski definition) is 3. The molecule has 2 atom stereocenters. The van der Waals surface area contributed by atoms with Gasteiger partial charge in [0, 0.05) is 18.2 Å². The van der Waals surface area contributed by atoms with Crippen molar-refractivity contribution in [1.29, 1.82) is 0 Å². The van der Waals surface area contributed by atoms with Gasteiger partial charge in [-0.2, -0.15) is 0 Å². The molecule has 3 N–H and O–H groups in total. The van der Waals surface area contributed by atoms with Gasteiger partial charge in [-0.25, -0.2) is 0 Å². The Bertz CT molecular complexity index is 516. The van der Waals surface area contributed by atoms with E-state index in [-0.39, 0.29) is 12.0 Å². The quantitative estimate of drug-likeness (QED) is 0.740. The second kappa shape index (κ2) is 7.22. The summed E-state index contributed by atoms with van der Waals surface area (Å²) in [7, 11) is 0. The fraction of sp³-hybridized carbons (Fsp3) is 0.500. The molecule has 0 aromatic heterocycles. The average Bonchev–Trinajstić information content (AvgIpc) is 2.46. The van der Waals surface area contributed by atoms with E-state index in [1.54, 1.807) is 12.1 Å². The highest BCUT2D eigenvalue weighted by Gasteiger charge is 2.24. The molecule has 0 radical (unpaired) electrons. The summed E-state index contributed by atoms with van der Waals surface area (Å²) in [5.74, 6) is -1.28. The summed E-state index contributed by atoms with van der Waals surface area (Å²) in [4.78, 5) is 23.6. The van der Waals surface area contributed by atoms with Crippen molar-refractivity contribution in [1.82, 2.24) is 5.32 Å². The van der Waals surface area contributed by atoms with Gasteiger partial charge >= 0.3 is 11.8 Å². The molecule has 0 unspecified atom stereocenters. The Morgan fingerprint density at radius 1 is 1.24 bits per heavy atom. The minimum Gasteiger partial charge on any atom is -0.393 e. The highest BCUT2D eigenvalue weighted by Crippen LogP contribution is 2.23. The second-order valence-electron chi connectivity index (χ2n) is 5.65. The van der Waals surface area contributed by atoms with E-state index >= 15 is 0 Å². The maximum Gasteiger partial charge on any atom is 0.313 e. The number of aliphatic hydroxyl groups excluding tert-OH is 1. The average molecular weight is 290 g/mol. The molecule has 1 aromatic carbocycles. The molecule has 5 heteroatoms. The van der Waals surface area contributed by atoms with Crippen molar-refractivity contribution in [3.8, 4) is 0 Å². The van der Waals surface area contributed by atoms with Crippen LogP contribution < -0.4 is 10.6 Å². The first-order chi connectivity index (χ1) is 10.1. The molecule has 0 heterocycles. The SMILES string of the molecule is Cc1cccc(NC(=O)C(=O)NC[C@@H]2CCCC[C@@H]2O)c1. The number of anilines is 1. The molecule has 2 rings (SSSR count). The summed E-state index contributed by atoms with van der Waals surface area (Å²) < 4.78 is 0. The van der Waals surface area contributed by atoms with Gasteiger partial charge in [-0.3, -0.25) is 9.59 Å². The normalized spacial score (nSPS) is 21.6. The summed E-state index contributed by atoms with van der Waals surface area (Å²) >= 11 is 0. The van der Waals surface area contributed by atoms with Gasteiger partial charge in [0.25, 0.3) is 0 Å². The van der Waals surface area contributed by atoms with Gasteiger partial charge in [0.1, 0.15) is 0 Å². The smallest absolute Gasteiger partial charge is 0.313 e. The van der Waals surface area contributed by atoms with E-state index in [9.17, 15) is 14.7 Å². The molecule has 0 spiro atoms.